The molecule has 0 spiro atoms. The third-order valence-corrected chi connectivity index (χ3v) is 4.83. The summed E-state index contributed by atoms with van der Waals surface area (Å²) in [6.07, 6.45) is 0.834. The Labute approximate surface area is 128 Å². The Hall–Kier alpha value is -1.37. The van der Waals surface area contributed by atoms with Crippen molar-refractivity contribution in [1.29, 1.82) is 0 Å². The molecular formula is C15H19N3O2S. The fraction of sp³-hybridized carbons (Fsp3) is 0.467. The first-order valence-corrected chi connectivity index (χ1v) is 8.07. The molecule has 1 aromatic heterocycles. The molecule has 0 radical (unpaired) electrons. The lowest BCUT2D eigenvalue weighted by molar-refractivity contribution is 0.0590. The van der Waals surface area contributed by atoms with Gasteiger partial charge in [-0.2, -0.15) is 4.98 Å². The Kier molecular flexibility index (Phi) is 4.57. The smallest absolute Gasteiger partial charge is 0.233 e. The van der Waals surface area contributed by atoms with Crippen LogP contribution >= 0.6 is 11.8 Å². The zero-order valence-electron chi connectivity index (χ0n) is 12.0. The maximum atomic E-state index is 6.09. The van der Waals surface area contributed by atoms with E-state index in [1.54, 1.807) is 11.8 Å². The van der Waals surface area contributed by atoms with Gasteiger partial charge < -0.3 is 15.0 Å². The number of rotatable bonds is 4. The summed E-state index contributed by atoms with van der Waals surface area (Å²) in [5.41, 5.74) is 7.35. The molecule has 1 fully saturated rings. The fourth-order valence-corrected chi connectivity index (χ4v) is 3.22. The van der Waals surface area contributed by atoms with Gasteiger partial charge in [-0.25, -0.2) is 0 Å². The molecule has 112 valence electrons. The Morgan fingerprint density at radius 2 is 2.24 bits per heavy atom. The molecule has 2 N–H and O–H groups in total. The summed E-state index contributed by atoms with van der Waals surface area (Å²) in [6.45, 7) is 3.37. The van der Waals surface area contributed by atoms with Crippen LogP contribution in [0.5, 0.6) is 0 Å². The molecule has 2 atom stereocenters. The van der Waals surface area contributed by atoms with E-state index in [4.69, 9.17) is 15.0 Å². The highest BCUT2D eigenvalue weighted by Gasteiger charge is 2.29. The van der Waals surface area contributed by atoms with Gasteiger partial charge in [0.25, 0.3) is 0 Å². The highest BCUT2D eigenvalue weighted by atomic mass is 32.2. The van der Waals surface area contributed by atoms with Crippen LogP contribution in [0.3, 0.4) is 0 Å². The van der Waals surface area contributed by atoms with E-state index in [0.29, 0.717) is 30.7 Å². The number of hydrogen-bond acceptors (Lipinski definition) is 6. The van der Waals surface area contributed by atoms with Crippen molar-refractivity contribution in [3.8, 4) is 0 Å². The van der Waals surface area contributed by atoms with Crippen molar-refractivity contribution < 1.29 is 9.26 Å². The van der Waals surface area contributed by atoms with Gasteiger partial charge in [0, 0.05) is 17.5 Å². The quantitative estimate of drug-likeness (QED) is 0.875. The maximum absolute atomic E-state index is 6.09. The Balaban J connectivity index is 1.64. The van der Waals surface area contributed by atoms with Crippen LogP contribution in [0.2, 0.25) is 0 Å². The van der Waals surface area contributed by atoms with Crippen LogP contribution in [0, 0.1) is 6.92 Å². The van der Waals surface area contributed by atoms with E-state index in [1.165, 1.54) is 10.5 Å². The molecule has 0 bridgehead atoms. The van der Waals surface area contributed by atoms with Crippen LogP contribution in [-0.4, -0.2) is 29.4 Å². The Bertz CT molecular complexity index is 602. The van der Waals surface area contributed by atoms with E-state index in [-0.39, 0.29) is 12.0 Å². The summed E-state index contributed by atoms with van der Waals surface area (Å²) in [7, 11) is 0. The summed E-state index contributed by atoms with van der Waals surface area (Å²) in [4.78, 5) is 5.71. The van der Waals surface area contributed by atoms with Crippen molar-refractivity contribution in [1.82, 2.24) is 10.1 Å². The second kappa shape index (κ2) is 6.60. The first kappa shape index (κ1) is 14.6. The van der Waals surface area contributed by atoms with Gasteiger partial charge in [0.15, 0.2) is 5.82 Å². The fourth-order valence-electron chi connectivity index (χ4n) is 2.35. The van der Waals surface area contributed by atoms with Crippen LogP contribution in [0.1, 0.15) is 29.6 Å². The van der Waals surface area contributed by atoms with E-state index in [1.807, 2.05) is 12.1 Å². The molecule has 0 amide bonds. The molecule has 6 heteroatoms. The summed E-state index contributed by atoms with van der Waals surface area (Å²) in [5.74, 6) is 2.01. The molecule has 21 heavy (non-hydrogen) atoms. The number of aromatic nitrogens is 2. The van der Waals surface area contributed by atoms with Gasteiger partial charge in [-0.05, 0) is 25.0 Å². The van der Waals surface area contributed by atoms with Gasteiger partial charge in [-0.3, -0.25) is 0 Å². The third-order valence-electron chi connectivity index (χ3n) is 3.66. The average molecular weight is 305 g/mol. The van der Waals surface area contributed by atoms with E-state index < -0.39 is 0 Å². The predicted octanol–water partition coefficient (Wildman–Crippen LogP) is 2.50. The number of nitrogens with two attached hydrogens (primary N) is 1. The Morgan fingerprint density at radius 3 is 3.05 bits per heavy atom. The molecule has 1 aromatic carbocycles. The zero-order valence-corrected chi connectivity index (χ0v) is 12.8. The standard InChI is InChI=1S/C15H19N3O2S/c1-10-4-2-3-5-13(10)21-9-14-17-15(20-18-14)11-8-19-7-6-12(11)16/h2-5,11-12H,6-9,16H2,1H3. The van der Waals surface area contributed by atoms with E-state index in [2.05, 4.69) is 29.2 Å². The van der Waals surface area contributed by atoms with E-state index in [0.717, 1.165) is 6.42 Å². The Morgan fingerprint density at radius 1 is 1.38 bits per heavy atom. The monoisotopic (exact) mass is 305 g/mol. The second-order valence-corrected chi connectivity index (χ2v) is 6.25. The lowest BCUT2D eigenvalue weighted by Gasteiger charge is -2.25. The normalized spacial score (nSPS) is 22.4. The van der Waals surface area contributed by atoms with Crippen molar-refractivity contribution in [3.05, 3.63) is 41.5 Å². The predicted molar refractivity (Wildman–Crippen MR) is 81.2 cm³/mol. The molecule has 0 aliphatic carbocycles. The van der Waals surface area contributed by atoms with E-state index >= 15 is 0 Å². The largest absolute Gasteiger partial charge is 0.381 e. The molecule has 0 saturated carbocycles. The molecule has 1 aliphatic rings. The van der Waals surface area contributed by atoms with E-state index in [9.17, 15) is 0 Å². The third kappa shape index (κ3) is 3.45. The van der Waals surface area contributed by atoms with Gasteiger partial charge in [-0.15, -0.1) is 11.8 Å². The number of nitrogens with zero attached hydrogens (tertiary/aromatic N) is 2. The summed E-state index contributed by atoms with van der Waals surface area (Å²) >= 11 is 1.71. The van der Waals surface area contributed by atoms with Crippen LogP contribution in [0.25, 0.3) is 0 Å². The van der Waals surface area contributed by atoms with Gasteiger partial charge >= 0.3 is 0 Å². The first-order chi connectivity index (χ1) is 10.2. The average Bonchev–Trinajstić information content (AvgIpc) is 2.96. The SMILES string of the molecule is Cc1ccccc1SCc1noc(C2COCCC2N)n1. The van der Waals surface area contributed by atoms with Gasteiger partial charge in [-0.1, -0.05) is 23.4 Å². The van der Waals surface area contributed by atoms with Gasteiger partial charge in [0.05, 0.1) is 18.3 Å². The number of ether oxygens (including phenoxy) is 1. The van der Waals surface area contributed by atoms with Gasteiger partial charge in [0.1, 0.15) is 0 Å². The number of hydrogen-bond donors (Lipinski definition) is 1. The zero-order chi connectivity index (χ0) is 14.7. The summed E-state index contributed by atoms with van der Waals surface area (Å²) < 4.78 is 10.8. The molecular weight excluding hydrogens is 286 g/mol. The highest BCUT2D eigenvalue weighted by Crippen LogP contribution is 2.27. The van der Waals surface area contributed by atoms with Crippen molar-refractivity contribution in [2.75, 3.05) is 13.2 Å². The second-order valence-electron chi connectivity index (χ2n) is 5.24. The minimum atomic E-state index is 0.0171. The topological polar surface area (TPSA) is 74.2 Å². The molecule has 5 nitrogen and oxygen atoms in total. The van der Waals surface area contributed by atoms with Gasteiger partial charge in [0.2, 0.25) is 5.89 Å². The van der Waals surface area contributed by atoms with Crippen LogP contribution in [0.15, 0.2) is 33.7 Å². The highest BCUT2D eigenvalue weighted by molar-refractivity contribution is 7.98. The lowest BCUT2D eigenvalue weighted by atomic mass is 9.97. The van der Waals surface area contributed by atoms with Crippen molar-refractivity contribution in [2.45, 2.75) is 36.0 Å². The number of thioether (sulfide) groups is 1. The van der Waals surface area contributed by atoms with Crippen LogP contribution in [0.4, 0.5) is 0 Å². The lowest BCUT2D eigenvalue weighted by Crippen LogP contribution is -2.37. The van der Waals surface area contributed by atoms with Crippen molar-refractivity contribution in [2.24, 2.45) is 5.73 Å². The van der Waals surface area contributed by atoms with Crippen LogP contribution < -0.4 is 5.73 Å². The number of benzene rings is 1. The van der Waals surface area contributed by atoms with Crippen molar-refractivity contribution in [3.63, 3.8) is 0 Å². The van der Waals surface area contributed by atoms with Crippen LogP contribution in [-0.2, 0) is 10.5 Å². The van der Waals surface area contributed by atoms with Crippen molar-refractivity contribution >= 4 is 11.8 Å². The molecule has 3 rings (SSSR count). The molecule has 1 aliphatic heterocycles. The minimum Gasteiger partial charge on any atom is -0.381 e. The molecule has 2 heterocycles. The first-order valence-electron chi connectivity index (χ1n) is 7.08. The minimum absolute atomic E-state index is 0.0171. The molecule has 1 saturated heterocycles. The summed E-state index contributed by atoms with van der Waals surface area (Å²) in [6, 6.07) is 8.32. The molecule has 2 aromatic rings. The summed E-state index contributed by atoms with van der Waals surface area (Å²) in [5, 5.41) is 4.05. The molecule has 2 unspecified atom stereocenters. The maximum Gasteiger partial charge on any atom is 0.233 e. The number of aryl methyl sites for hydroxylation is 1.